The van der Waals surface area contributed by atoms with Gasteiger partial charge in [0.15, 0.2) is 0 Å². The third-order valence-electron chi connectivity index (χ3n) is 3.55. The predicted molar refractivity (Wildman–Crippen MR) is 90.6 cm³/mol. The standard InChI is InChI=1S/C16H17BrN2OS/c17-12-4-6-13(7-5-12)21-10-15(19-18)14-3-1-2-11-8-9-20-16(11)14/h1-7,15,19H,8-10,18H2. The van der Waals surface area contributed by atoms with Gasteiger partial charge in [-0.3, -0.25) is 11.3 Å². The van der Waals surface area contributed by atoms with Crippen molar-refractivity contribution in [2.45, 2.75) is 17.4 Å². The lowest BCUT2D eigenvalue weighted by Gasteiger charge is -2.18. The van der Waals surface area contributed by atoms with Crippen molar-refractivity contribution < 1.29 is 4.74 Å². The second-order valence-electron chi connectivity index (χ2n) is 4.92. The molecule has 1 aliphatic rings. The van der Waals surface area contributed by atoms with Crippen LogP contribution in [-0.4, -0.2) is 12.4 Å². The van der Waals surface area contributed by atoms with E-state index in [0.29, 0.717) is 0 Å². The largest absolute Gasteiger partial charge is 0.493 e. The number of benzene rings is 2. The van der Waals surface area contributed by atoms with Crippen LogP contribution in [0.2, 0.25) is 0 Å². The van der Waals surface area contributed by atoms with Crippen molar-refractivity contribution in [2.75, 3.05) is 12.4 Å². The van der Waals surface area contributed by atoms with Gasteiger partial charge in [0, 0.05) is 27.1 Å². The summed E-state index contributed by atoms with van der Waals surface area (Å²) in [6.07, 6.45) is 0.986. The van der Waals surface area contributed by atoms with Crippen molar-refractivity contribution >= 4 is 27.7 Å². The van der Waals surface area contributed by atoms with Crippen molar-refractivity contribution in [1.29, 1.82) is 0 Å². The van der Waals surface area contributed by atoms with Gasteiger partial charge in [0.1, 0.15) is 5.75 Å². The van der Waals surface area contributed by atoms with E-state index in [2.05, 4.69) is 63.8 Å². The SMILES string of the molecule is NNC(CSc1ccc(Br)cc1)c1cccc2c1OCC2. The van der Waals surface area contributed by atoms with Crippen LogP contribution in [0.5, 0.6) is 5.75 Å². The van der Waals surface area contributed by atoms with Crippen LogP contribution in [0.15, 0.2) is 51.8 Å². The van der Waals surface area contributed by atoms with Crippen molar-refractivity contribution in [3.63, 3.8) is 0 Å². The minimum atomic E-state index is 0.0756. The van der Waals surface area contributed by atoms with Gasteiger partial charge in [-0.15, -0.1) is 11.8 Å². The summed E-state index contributed by atoms with van der Waals surface area (Å²) in [4.78, 5) is 1.23. The molecule has 3 N–H and O–H groups in total. The zero-order valence-electron chi connectivity index (χ0n) is 11.5. The van der Waals surface area contributed by atoms with Crippen molar-refractivity contribution in [1.82, 2.24) is 5.43 Å². The molecule has 2 aromatic rings. The van der Waals surface area contributed by atoms with Crippen molar-refractivity contribution in [3.05, 3.63) is 58.1 Å². The Balaban J connectivity index is 1.74. The zero-order chi connectivity index (χ0) is 14.7. The van der Waals surface area contributed by atoms with E-state index in [1.165, 1.54) is 10.5 Å². The number of nitrogens with two attached hydrogens (primary N) is 1. The van der Waals surface area contributed by atoms with E-state index in [1.54, 1.807) is 11.8 Å². The Labute approximate surface area is 137 Å². The molecule has 0 spiro atoms. The monoisotopic (exact) mass is 364 g/mol. The topological polar surface area (TPSA) is 47.3 Å². The average Bonchev–Trinajstić information content (AvgIpc) is 2.99. The molecule has 1 unspecified atom stereocenters. The summed E-state index contributed by atoms with van der Waals surface area (Å²) in [6.45, 7) is 0.767. The van der Waals surface area contributed by atoms with Gasteiger partial charge in [0.2, 0.25) is 0 Å². The number of ether oxygens (including phenoxy) is 1. The number of hydrazine groups is 1. The van der Waals surface area contributed by atoms with E-state index in [4.69, 9.17) is 10.6 Å². The number of thioether (sulfide) groups is 1. The molecule has 2 aromatic carbocycles. The minimum absolute atomic E-state index is 0.0756. The maximum atomic E-state index is 5.77. The van der Waals surface area contributed by atoms with Crippen molar-refractivity contribution in [3.8, 4) is 5.75 Å². The normalized spacial score (nSPS) is 14.6. The summed E-state index contributed by atoms with van der Waals surface area (Å²) in [5, 5.41) is 0. The molecule has 3 rings (SSSR count). The fourth-order valence-electron chi connectivity index (χ4n) is 2.45. The summed E-state index contributed by atoms with van der Waals surface area (Å²) in [5.41, 5.74) is 5.35. The van der Waals surface area contributed by atoms with Crippen LogP contribution in [0.3, 0.4) is 0 Å². The molecule has 0 amide bonds. The van der Waals surface area contributed by atoms with E-state index in [-0.39, 0.29) is 6.04 Å². The first-order valence-electron chi connectivity index (χ1n) is 6.87. The van der Waals surface area contributed by atoms with Crippen molar-refractivity contribution in [2.24, 2.45) is 5.84 Å². The average molecular weight is 365 g/mol. The fraction of sp³-hybridized carbons (Fsp3) is 0.250. The molecule has 0 fully saturated rings. The molecule has 21 heavy (non-hydrogen) atoms. The van der Waals surface area contributed by atoms with Crippen LogP contribution in [0.1, 0.15) is 17.2 Å². The lowest BCUT2D eigenvalue weighted by atomic mass is 10.0. The Bertz CT molecular complexity index is 618. The molecule has 1 heterocycles. The molecule has 0 aliphatic carbocycles. The van der Waals surface area contributed by atoms with Gasteiger partial charge in [-0.05, 0) is 29.8 Å². The molecule has 0 bridgehead atoms. The Morgan fingerprint density at radius 2 is 2.05 bits per heavy atom. The lowest BCUT2D eigenvalue weighted by Crippen LogP contribution is -2.30. The molecule has 0 saturated carbocycles. The van der Waals surface area contributed by atoms with Crippen LogP contribution in [0.25, 0.3) is 0 Å². The molecule has 1 atom stereocenters. The highest BCUT2D eigenvalue weighted by atomic mass is 79.9. The number of fused-ring (bicyclic) bond motifs is 1. The lowest BCUT2D eigenvalue weighted by molar-refractivity contribution is 0.350. The molecule has 3 nitrogen and oxygen atoms in total. The second-order valence-corrected chi connectivity index (χ2v) is 6.93. The van der Waals surface area contributed by atoms with E-state index in [1.807, 2.05) is 0 Å². The first-order chi connectivity index (χ1) is 10.3. The Morgan fingerprint density at radius 1 is 1.24 bits per heavy atom. The molecule has 0 radical (unpaired) electrons. The number of halogens is 1. The molecule has 5 heteroatoms. The maximum Gasteiger partial charge on any atom is 0.127 e. The highest BCUT2D eigenvalue weighted by molar-refractivity contribution is 9.10. The smallest absolute Gasteiger partial charge is 0.127 e. The van der Waals surface area contributed by atoms with Crippen LogP contribution in [-0.2, 0) is 6.42 Å². The van der Waals surface area contributed by atoms with E-state index < -0.39 is 0 Å². The number of rotatable bonds is 5. The Hall–Kier alpha value is -1.01. The maximum absolute atomic E-state index is 5.77. The third-order valence-corrected chi connectivity index (χ3v) is 5.19. The summed E-state index contributed by atoms with van der Waals surface area (Å²) >= 11 is 5.23. The summed E-state index contributed by atoms with van der Waals surface area (Å²) in [5.74, 6) is 7.63. The Morgan fingerprint density at radius 3 is 2.81 bits per heavy atom. The van der Waals surface area contributed by atoms with Crippen LogP contribution < -0.4 is 16.0 Å². The van der Waals surface area contributed by atoms with E-state index >= 15 is 0 Å². The van der Waals surface area contributed by atoms with Crippen LogP contribution in [0.4, 0.5) is 0 Å². The van der Waals surface area contributed by atoms with E-state index in [9.17, 15) is 0 Å². The second kappa shape index (κ2) is 6.83. The highest BCUT2D eigenvalue weighted by Gasteiger charge is 2.21. The zero-order valence-corrected chi connectivity index (χ0v) is 13.9. The van der Waals surface area contributed by atoms with Gasteiger partial charge in [0.25, 0.3) is 0 Å². The van der Waals surface area contributed by atoms with Gasteiger partial charge in [-0.1, -0.05) is 34.1 Å². The number of nitrogens with one attached hydrogen (secondary N) is 1. The molecule has 0 saturated heterocycles. The molecular weight excluding hydrogens is 348 g/mol. The number of hydrogen-bond donors (Lipinski definition) is 2. The van der Waals surface area contributed by atoms with Gasteiger partial charge >= 0.3 is 0 Å². The summed E-state index contributed by atoms with van der Waals surface area (Å²) in [6, 6.07) is 14.7. The molecule has 0 aromatic heterocycles. The first kappa shape index (κ1) is 14.9. The third kappa shape index (κ3) is 3.43. The van der Waals surface area contributed by atoms with Crippen LogP contribution in [0, 0.1) is 0 Å². The number of para-hydroxylation sites is 1. The van der Waals surface area contributed by atoms with Gasteiger partial charge in [-0.25, -0.2) is 0 Å². The first-order valence-corrected chi connectivity index (χ1v) is 8.65. The van der Waals surface area contributed by atoms with E-state index in [0.717, 1.165) is 34.6 Å². The quantitative estimate of drug-likeness (QED) is 0.482. The summed E-state index contributed by atoms with van der Waals surface area (Å²) < 4.78 is 6.86. The Kier molecular flexibility index (Phi) is 4.85. The highest BCUT2D eigenvalue weighted by Crippen LogP contribution is 2.35. The van der Waals surface area contributed by atoms with Gasteiger partial charge in [-0.2, -0.15) is 0 Å². The fourth-order valence-corrected chi connectivity index (χ4v) is 3.68. The predicted octanol–water partition coefficient (Wildman–Crippen LogP) is 3.68. The van der Waals surface area contributed by atoms with Crippen LogP contribution >= 0.6 is 27.7 Å². The minimum Gasteiger partial charge on any atom is -0.493 e. The molecular formula is C16H17BrN2OS. The molecule has 1 aliphatic heterocycles. The summed E-state index contributed by atoms with van der Waals surface area (Å²) in [7, 11) is 0. The van der Waals surface area contributed by atoms with Gasteiger partial charge < -0.3 is 4.74 Å². The number of hydrogen-bond acceptors (Lipinski definition) is 4. The van der Waals surface area contributed by atoms with Gasteiger partial charge in [0.05, 0.1) is 12.6 Å². The molecule has 110 valence electrons.